The summed E-state index contributed by atoms with van der Waals surface area (Å²) in [7, 11) is 1.91. The predicted octanol–water partition coefficient (Wildman–Crippen LogP) is 4.21. The number of rotatable bonds is 5. The zero-order chi connectivity index (χ0) is 18.7. The van der Waals surface area contributed by atoms with Crippen LogP contribution in [0.25, 0.3) is 0 Å². The number of hydrogen-bond acceptors (Lipinski definition) is 4. The van der Waals surface area contributed by atoms with Crippen LogP contribution in [-0.4, -0.2) is 20.7 Å². The molecule has 1 aromatic heterocycles. The van der Waals surface area contributed by atoms with Crippen molar-refractivity contribution in [2.75, 3.05) is 5.32 Å². The lowest BCUT2D eigenvalue weighted by atomic mass is 10.1. The number of nitrogens with one attached hydrogen (secondary N) is 1. The van der Waals surface area contributed by atoms with Crippen LogP contribution < -0.4 is 5.32 Å². The van der Waals surface area contributed by atoms with E-state index in [-0.39, 0.29) is 5.91 Å². The molecular formula is C20H22N4OS. The normalized spacial score (nSPS) is 12.0. The molecule has 0 saturated carbocycles. The van der Waals surface area contributed by atoms with Gasteiger partial charge in [0.1, 0.15) is 11.1 Å². The van der Waals surface area contributed by atoms with Crippen molar-refractivity contribution in [2.45, 2.75) is 31.2 Å². The average molecular weight is 366 g/mol. The minimum Gasteiger partial charge on any atom is -0.325 e. The zero-order valence-electron chi connectivity index (χ0n) is 15.4. The number of hydrogen-bond donors (Lipinski definition) is 1. The Morgan fingerprint density at radius 3 is 2.46 bits per heavy atom. The molecule has 0 aliphatic rings. The summed E-state index contributed by atoms with van der Waals surface area (Å²) in [6.07, 6.45) is 0. The van der Waals surface area contributed by atoms with Gasteiger partial charge in [-0.3, -0.25) is 4.79 Å². The molecule has 3 rings (SSSR count). The van der Waals surface area contributed by atoms with Gasteiger partial charge in [-0.2, -0.15) is 0 Å². The molecule has 3 aromatic rings. The fraction of sp³-hybridized carbons (Fsp3) is 0.250. The Balaban J connectivity index is 1.91. The summed E-state index contributed by atoms with van der Waals surface area (Å²) in [6, 6.07) is 15.8. The van der Waals surface area contributed by atoms with Gasteiger partial charge >= 0.3 is 0 Å². The largest absolute Gasteiger partial charge is 0.325 e. The van der Waals surface area contributed by atoms with E-state index in [1.54, 1.807) is 0 Å². The molecule has 6 heteroatoms. The molecule has 1 N–H and O–H groups in total. The number of benzene rings is 2. The van der Waals surface area contributed by atoms with Crippen LogP contribution in [0.1, 0.15) is 27.8 Å². The fourth-order valence-electron chi connectivity index (χ4n) is 2.57. The number of anilines is 1. The van der Waals surface area contributed by atoms with Crippen molar-refractivity contribution in [1.82, 2.24) is 14.8 Å². The summed E-state index contributed by atoms with van der Waals surface area (Å²) >= 11 is 1.40. The second-order valence-electron chi connectivity index (χ2n) is 6.31. The first-order valence-corrected chi connectivity index (χ1v) is 9.29. The number of aryl methyl sites for hydroxylation is 3. The van der Waals surface area contributed by atoms with E-state index < -0.39 is 5.25 Å². The monoisotopic (exact) mass is 366 g/mol. The van der Waals surface area contributed by atoms with Gasteiger partial charge in [-0.15, -0.1) is 10.2 Å². The van der Waals surface area contributed by atoms with Gasteiger partial charge in [-0.05, 0) is 43.5 Å². The van der Waals surface area contributed by atoms with E-state index >= 15 is 0 Å². The molecule has 2 aromatic carbocycles. The number of thioether (sulfide) groups is 1. The SMILES string of the molecule is Cc1ccc(C)c(NC(=O)[C@H](Sc2nnc(C)n2C)c2ccccc2)c1. The van der Waals surface area contributed by atoms with Crippen molar-refractivity contribution >= 4 is 23.4 Å². The van der Waals surface area contributed by atoms with E-state index in [1.807, 2.05) is 80.9 Å². The third kappa shape index (κ3) is 3.96. The molecule has 5 nitrogen and oxygen atoms in total. The summed E-state index contributed by atoms with van der Waals surface area (Å²) in [5.41, 5.74) is 3.92. The molecule has 0 fully saturated rings. The lowest BCUT2D eigenvalue weighted by Gasteiger charge is -2.17. The third-order valence-electron chi connectivity index (χ3n) is 4.27. The molecule has 0 aliphatic heterocycles. The Hall–Kier alpha value is -2.60. The first-order chi connectivity index (χ1) is 12.5. The summed E-state index contributed by atoms with van der Waals surface area (Å²) in [5.74, 6) is 0.741. The fourth-order valence-corrected chi connectivity index (χ4v) is 3.61. The van der Waals surface area contributed by atoms with Crippen molar-refractivity contribution in [3.63, 3.8) is 0 Å². The van der Waals surface area contributed by atoms with Crippen molar-refractivity contribution in [2.24, 2.45) is 7.05 Å². The molecule has 26 heavy (non-hydrogen) atoms. The topological polar surface area (TPSA) is 59.8 Å². The van der Waals surface area contributed by atoms with Crippen LogP contribution in [0.2, 0.25) is 0 Å². The predicted molar refractivity (Wildman–Crippen MR) is 105 cm³/mol. The van der Waals surface area contributed by atoms with Crippen LogP contribution in [-0.2, 0) is 11.8 Å². The van der Waals surface area contributed by atoms with E-state index in [4.69, 9.17) is 0 Å². The summed E-state index contributed by atoms with van der Waals surface area (Å²) in [6.45, 7) is 5.90. The van der Waals surface area contributed by atoms with Gasteiger partial charge in [0.05, 0.1) is 0 Å². The minimum absolute atomic E-state index is 0.0736. The molecule has 0 unspecified atom stereocenters. The maximum absolute atomic E-state index is 13.1. The van der Waals surface area contributed by atoms with Gasteiger partial charge in [0.25, 0.3) is 0 Å². The molecule has 0 radical (unpaired) electrons. The number of amides is 1. The van der Waals surface area contributed by atoms with Crippen molar-refractivity contribution in [3.05, 3.63) is 71.0 Å². The molecule has 0 bridgehead atoms. The maximum atomic E-state index is 13.1. The first kappa shape index (κ1) is 18.2. The number of nitrogens with zero attached hydrogens (tertiary/aromatic N) is 3. The average Bonchev–Trinajstić information content (AvgIpc) is 2.95. The van der Waals surface area contributed by atoms with Crippen LogP contribution in [0.15, 0.2) is 53.7 Å². The van der Waals surface area contributed by atoms with E-state index in [2.05, 4.69) is 15.5 Å². The molecule has 0 saturated heterocycles. The van der Waals surface area contributed by atoms with Gasteiger partial charge in [0, 0.05) is 12.7 Å². The molecule has 1 heterocycles. The van der Waals surface area contributed by atoms with Crippen LogP contribution in [0, 0.1) is 20.8 Å². The Bertz CT molecular complexity index is 921. The summed E-state index contributed by atoms with van der Waals surface area (Å²) in [4.78, 5) is 13.1. The lowest BCUT2D eigenvalue weighted by Crippen LogP contribution is -2.20. The quantitative estimate of drug-likeness (QED) is 0.687. The van der Waals surface area contributed by atoms with Crippen molar-refractivity contribution < 1.29 is 4.79 Å². The number of carbonyl (C=O) groups excluding carboxylic acids is 1. The molecule has 1 atom stereocenters. The van der Waals surface area contributed by atoms with E-state index in [1.165, 1.54) is 11.8 Å². The van der Waals surface area contributed by atoms with Gasteiger partial charge in [0.15, 0.2) is 5.16 Å². The van der Waals surface area contributed by atoms with Gasteiger partial charge in [0.2, 0.25) is 5.91 Å². The zero-order valence-corrected chi connectivity index (χ0v) is 16.2. The highest BCUT2D eigenvalue weighted by molar-refractivity contribution is 8.00. The Kier molecular flexibility index (Phi) is 5.42. The smallest absolute Gasteiger partial charge is 0.242 e. The molecule has 134 valence electrons. The number of carbonyl (C=O) groups is 1. The second-order valence-corrected chi connectivity index (χ2v) is 7.38. The van der Waals surface area contributed by atoms with Crippen LogP contribution >= 0.6 is 11.8 Å². The standard InChI is InChI=1S/C20H22N4OS/c1-13-10-11-14(2)17(12-13)21-19(25)18(16-8-6-5-7-9-16)26-20-23-22-15(3)24(20)4/h5-12,18H,1-4H3,(H,21,25)/t18-/m1/s1. The Labute approximate surface area is 157 Å². The highest BCUT2D eigenvalue weighted by Crippen LogP contribution is 2.35. The van der Waals surface area contributed by atoms with Crippen LogP contribution in [0.4, 0.5) is 5.69 Å². The number of aromatic nitrogens is 3. The third-order valence-corrected chi connectivity index (χ3v) is 5.56. The molecule has 1 amide bonds. The second kappa shape index (κ2) is 7.74. The first-order valence-electron chi connectivity index (χ1n) is 8.41. The van der Waals surface area contributed by atoms with Crippen LogP contribution in [0.5, 0.6) is 0 Å². The maximum Gasteiger partial charge on any atom is 0.242 e. The van der Waals surface area contributed by atoms with E-state index in [0.717, 1.165) is 28.2 Å². The lowest BCUT2D eigenvalue weighted by molar-refractivity contribution is -0.115. The Morgan fingerprint density at radius 1 is 1.08 bits per heavy atom. The summed E-state index contributed by atoms with van der Waals surface area (Å²) < 4.78 is 1.89. The Morgan fingerprint density at radius 2 is 1.81 bits per heavy atom. The van der Waals surface area contributed by atoms with Gasteiger partial charge in [-0.25, -0.2) is 0 Å². The van der Waals surface area contributed by atoms with Gasteiger partial charge < -0.3 is 9.88 Å². The van der Waals surface area contributed by atoms with E-state index in [9.17, 15) is 4.79 Å². The van der Waals surface area contributed by atoms with Crippen molar-refractivity contribution in [3.8, 4) is 0 Å². The van der Waals surface area contributed by atoms with Crippen LogP contribution in [0.3, 0.4) is 0 Å². The summed E-state index contributed by atoms with van der Waals surface area (Å²) in [5, 5.41) is 11.7. The minimum atomic E-state index is -0.418. The van der Waals surface area contributed by atoms with Crippen molar-refractivity contribution in [1.29, 1.82) is 0 Å². The molecule has 0 spiro atoms. The highest BCUT2D eigenvalue weighted by Gasteiger charge is 2.25. The van der Waals surface area contributed by atoms with E-state index in [0.29, 0.717) is 5.16 Å². The molecular weight excluding hydrogens is 344 g/mol. The van der Waals surface area contributed by atoms with Gasteiger partial charge in [-0.1, -0.05) is 54.2 Å². The highest BCUT2D eigenvalue weighted by atomic mass is 32.2. The molecule has 0 aliphatic carbocycles.